The first-order valence-corrected chi connectivity index (χ1v) is 8.90. The number of rotatable bonds is 7. The molecule has 150 valence electrons. The van der Waals surface area contributed by atoms with Crippen molar-refractivity contribution < 1.29 is 28.7 Å². The standard InChI is InChI=1S/C20H17ClN2O6/c1-12-15(18(19(24)25)23-29-12)11-27-17-8-7-14(9-16(17)21)22-20(26)28-10-13-5-3-2-4-6-13/h2-9H,10-11H2,1H3,(H,22,26)(H,24,25). The Labute approximate surface area is 171 Å². The van der Waals surface area contributed by atoms with Gasteiger partial charge in [-0.15, -0.1) is 0 Å². The predicted molar refractivity (Wildman–Crippen MR) is 104 cm³/mol. The van der Waals surface area contributed by atoms with E-state index in [-0.39, 0.29) is 23.9 Å². The average Bonchev–Trinajstić information content (AvgIpc) is 3.07. The highest BCUT2D eigenvalue weighted by Gasteiger charge is 2.20. The van der Waals surface area contributed by atoms with E-state index in [9.17, 15) is 9.59 Å². The Balaban J connectivity index is 1.58. The summed E-state index contributed by atoms with van der Waals surface area (Å²) in [5.74, 6) is -0.551. The zero-order chi connectivity index (χ0) is 20.8. The monoisotopic (exact) mass is 416 g/mol. The summed E-state index contributed by atoms with van der Waals surface area (Å²) < 4.78 is 15.6. The first-order chi connectivity index (χ1) is 13.9. The van der Waals surface area contributed by atoms with Crippen molar-refractivity contribution in [3.05, 3.63) is 76.1 Å². The smallest absolute Gasteiger partial charge is 0.411 e. The van der Waals surface area contributed by atoms with E-state index >= 15 is 0 Å². The Morgan fingerprint density at radius 3 is 2.62 bits per heavy atom. The number of ether oxygens (including phenoxy) is 2. The van der Waals surface area contributed by atoms with E-state index in [0.29, 0.717) is 22.8 Å². The third-order valence-electron chi connectivity index (χ3n) is 3.95. The highest BCUT2D eigenvalue weighted by atomic mass is 35.5. The van der Waals surface area contributed by atoms with Crippen molar-refractivity contribution in [1.29, 1.82) is 0 Å². The van der Waals surface area contributed by atoms with Gasteiger partial charge in [0.2, 0.25) is 0 Å². The number of carbonyl (C=O) groups is 2. The lowest BCUT2D eigenvalue weighted by Gasteiger charge is -2.11. The Morgan fingerprint density at radius 1 is 1.17 bits per heavy atom. The van der Waals surface area contributed by atoms with Crippen LogP contribution < -0.4 is 10.1 Å². The highest BCUT2D eigenvalue weighted by molar-refractivity contribution is 6.32. The number of amides is 1. The quantitative estimate of drug-likeness (QED) is 0.576. The van der Waals surface area contributed by atoms with E-state index in [1.807, 2.05) is 30.3 Å². The number of nitrogens with one attached hydrogen (secondary N) is 1. The molecule has 0 saturated carbocycles. The van der Waals surface area contributed by atoms with Crippen LogP contribution >= 0.6 is 11.6 Å². The number of hydrogen-bond donors (Lipinski definition) is 2. The highest BCUT2D eigenvalue weighted by Crippen LogP contribution is 2.29. The summed E-state index contributed by atoms with van der Waals surface area (Å²) in [6, 6.07) is 13.9. The van der Waals surface area contributed by atoms with Gasteiger partial charge < -0.3 is 19.1 Å². The van der Waals surface area contributed by atoms with Crippen molar-refractivity contribution >= 4 is 29.4 Å². The molecule has 0 aliphatic heterocycles. The second kappa shape index (κ2) is 9.11. The number of nitrogens with zero attached hydrogens (tertiary/aromatic N) is 1. The van der Waals surface area contributed by atoms with Gasteiger partial charge in [0.25, 0.3) is 0 Å². The maximum absolute atomic E-state index is 11.9. The molecule has 2 N–H and O–H groups in total. The maximum atomic E-state index is 11.9. The summed E-state index contributed by atoms with van der Waals surface area (Å²) in [5.41, 5.74) is 1.40. The van der Waals surface area contributed by atoms with Crippen molar-refractivity contribution in [3.8, 4) is 5.75 Å². The van der Waals surface area contributed by atoms with Crippen LogP contribution in [0.2, 0.25) is 5.02 Å². The minimum Gasteiger partial charge on any atom is -0.487 e. The summed E-state index contributed by atoms with van der Waals surface area (Å²) in [6.45, 7) is 1.65. The Hall–Kier alpha value is -3.52. The molecule has 2 aromatic carbocycles. The molecule has 0 atom stereocenters. The van der Waals surface area contributed by atoms with Crippen LogP contribution in [-0.4, -0.2) is 22.3 Å². The molecule has 0 aliphatic carbocycles. The van der Waals surface area contributed by atoms with E-state index in [1.54, 1.807) is 19.1 Å². The van der Waals surface area contributed by atoms with Crippen LogP contribution in [0.1, 0.15) is 27.4 Å². The first kappa shape index (κ1) is 20.2. The lowest BCUT2D eigenvalue weighted by molar-refractivity contribution is 0.0683. The van der Waals surface area contributed by atoms with Gasteiger partial charge in [0.05, 0.1) is 10.6 Å². The van der Waals surface area contributed by atoms with Crippen molar-refractivity contribution in [2.24, 2.45) is 0 Å². The van der Waals surface area contributed by atoms with E-state index in [2.05, 4.69) is 10.5 Å². The molecule has 1 heterocycles. The third-order valence-corrected chi connectivity index (χ3v) is 4.25. The van der Waals surface area contributed by atoms with Crippen molar-refractivity contribution in [3.63, 3.8) is 0 Å². The van der Waals surface area contributed by atoms with Gasteiger partial charge in [-0.2, -0.15) is 0 Å². The number of halogens is 1. The average molecular weight is 417 g/mol. The largest absolute Gasteiger partial charge is 0.487 e. The number of carboxylic acids is 1. The zero-order valence-corrected chi connectivity index (χ0v) is 16.1. The number of hydrogen-bond acceptors (Lipinski definition) is 6. The number of aromatic carboxylic acids is 1. The molecule has 8 nitrogen and oxygen atoms in total. The molecule has 0 unspecified atom stereocenters. The SMILES string of the molecule is Cc1onc(C(=O)O)c1COc1ccc(NC(=O)OCc2ccccc2)cc1Cl. The van der Waals surface area contributed by atoms with Crippen LogP contribution in [0.15, 0.2) is 53.1 Å². The molecule has 29 heavy (non-hydrogen) atoms. The van der Waals surface area contributed by atoms with Crippen molar-refractivity contribution in [2.45, 2.75) is 20.1 Å². The fraction of sp³-hybridized carbons (Fsp3) is 0.150. The summed E-state index contributed by atoms with van der Waals surface area (Å²) in [5, 5.41) is 15.4. The number of carbonyl (C=O) groups excluding carboxylic acids is 1. The first-order valence-electron chi connectivity index (χ1n) is 8.52. The minimum absolute atomic E-state index is 0.0808. The fourth-order valence-electron chi connectivity index (χ4n) is 2.45. The number of anilines is 1. The molecule has 3 aromatic rings. The van der Waals surface area contributed by atoms with Gasteiger partial charge in [-0.3, -0.25) is 5.32 Å². The summed E-state index contributed by atoms with van der Waals surface area (Å²) in [7, 11) is 0. The van der Waals surface area contributed by atoms with E-state index < -0.39 is 12.1 Å². The van der Waals surface area contributed by atoms with Gasteiger partial charge in [-0.25, -0.2) is 9.59 Å². The zero-order valence-electron chi connectivity index (χ0n) is 15.3. The molecule has 1 aromatic heterocycles. The molecule has 0 bridgehead atoms. The van der Waals surface area contributed by atoms with Gasteiger partial charge in [-0.05, 0) is 30.7 Å². The number of benzene rings is 2. The van der Waals surface area contributed by atoms with Gasteiger partial charge in [0, 0.05) is 5.69 Å². The molecule has 0 radical (unpaired) electrons. The van der Waals surface area contributed by atoms with Gasteiger partial charge >= 0.3 is 12.1 Å². The van der Waals surface area contributed by atoms with Crippen LogP contribution in [0.3, 0.4) is 0 Å². The van der Waals surface area contributed by atoms with E-state index in [4.69, 9.17) is 30.7 Å². The summed E-state index contributed by atoms with van der Waals surface area (Å²) >= 11 is 6.20. The van der Waals surface area contributed by atoms with Gasteiger partial charge in [0.1, 0.15) is 24.7 Å². The molecular weight excluding hydrogens is 400 g/mol. The van der Waals surface area contributed by atoms with Crippen LogP contribution in [0.25, 0.3) is 0 Å². The molecule has 0 fully saturated rings. The van der Waals surface area contributed by atoms with Crippen LogP contribution in [0.4, 0.5) is 10.5 Å². The third kappa shape index (κ3) is 5.26. The van der Waals surface area contributed by atoms with Crippen LogP contribution in [0, 0.1) is 6.92 Å². The molecule has 3 rings (SSSR count). The molecule has 9 heteroatoms. The Kier molecular flexibility index (Phi) is 6.36. The Morgan fingerprint density at radius 2 is 1.93 bits per heavy atom. The molecule has 1 amide bonds. The van der Waals surface area contributed by atoms with Crippen molar-refractivity contribution in [2.75, 3.05) is 5.32 Å². The van der Waals surface area contributed by atoms with Gasteiger partial charge in [0.15, 0.2) is 5.69 Å². The van der Waals surface area contributed by atoms with Gasteiger partial charge in [-0.1, -0.05) is 47.1 Å². The normalized spacial score (nSPS) is 10.4. The molecule has 0 spiro atoms. The predicted octanol–water partition coefficient (Wildman–Crippen LogP) is 4.66. The van der Waals surface area contributed by atoms with E-state index in [0.717, 1.165) is 5.56 Å². The van der Waals surface area contributed by atoms with Crippen LogP contribution in [-0.2, 0) is 18.0 Å². The number of carboxylic acid groups (broad SMARTS) is 1. The summed E-state index contributed by atoms with van der Waals surface area (Å²) in [4.78, 5) is 23.1. The van der Waals surface area contributed by atoms with E-state index in [1.165, 1.54) is 6.07 Å². The fourth-order valence-corrected chi connectivity index (χ4v) is 2.69. The second-order valence-corrected chi connectivity index (χ2v) is 6.40. The number of aryl methyl sites for hydroxylation is 1. The van der Waals surface area contributed by atoms with Crippen LogP contribution in [0.5, 0.6) is 5.75 Å². The lowest BCUT2D eigenvalue weighted by atomic mass is 10.2. The number of aromatic nitrogens is 1. The van der Waals surface area contributed by atoms with Crippen molar-refractivity contribution in [1.82, 2.24) is 5.16 Å². The molecular formula is C20H17ClN2O6. The topological polar surface area (TPSA) is 111 Å². The maximum Gasteiger partial charge on any atom is 0.411 e. The molecule has 0 aliphatic rings. The second-order valence-electron chi connectivity index (χ2n) is 5.99. The summed E-state index contributed by atoms with van der Waals surface area (Å²) in [6.07, 6.45) is -0.621. The Bertz CT molecular complexity index is 1020. The minimum atomic E-state index is -1.21. The lowest BCUT2D eigenvalue weighted by Crippen LogP contribution is -2.13. The molecule has 0 saturated heterocycles.